The van der Waals surface area contributed by atoms with Crippen molar-refractivity contribution >= 4 is 11.9 Å². The normalized spacial score (nSPS) is 12.4. The molecule has 0 saturated heterocycles. The Bertz CT molecular complexity index is 934. The van der Waals surface area contributed by atoms with Crippen molar-refractivity contribution in [2.24, 2.45) is 0 Å². The lowest BCUT2D eigenvalue weighted by Crippen LogP contribution is -2.45. The molecule has 2 aromatic carbocycles. The average molecular weight is 490 g/mol. The van der Waals surface area contributed by atoms with Crippen LogP contribution in [0.2, 0.25) is 0 Å². The number of rotatable bonds is 12. The predicted octanol–water partition coefficient (Wildman–Crippen LogP) is 3.81. The molecule has 0 aliphatic carbocycles. The second-order valence-corrected chi connectivity index (χ2v) is 7.68. The third-order valence-corrected chi connectivity index (χ3v) is 5.45. The molecule has 0 spiro atoms. The van der Waals surface area contributed by atoms with Crippen molar-refractivity contribution in [3.8, 4) is 17.2 Å². The molecule has 2 aromatic rings. The first-order chi connectivity index (χ1) is 16.6. The number of carbonyl (C=O) groups is 2. The van der Waals surface area contributed by atoms with Crippen LogP contribution in [0.25, 0.3) is 0 Å². The number of carboxylic acid groups (broad SMARTS) is 2. The largest absolute Gasteiger partial charge is 0.493 e. The van der Waals surface area contributed by atoms with Crippen molar-refractivity contribution in [1.82, 2.24) is 4.90 Å². The van der Waals surface area contributed by atoms with Crippen LogP contribution in [0.15, 0.2) is 54.6 Å². The van der Waals surface area contributed by atoms with E-state index in [2.05, 4.69) is 50.2 Å². The van der Waals surface area contributed by atoms with E-state index in [0.29, 0.717) is 42.6 Å². The van der Waals surface area contributed by atoms with Gasteiger partial charge in [-0.25, -0.2) is 9.59 Å². The highest BCUT2D eigenvalue weighted by Gasteiger charge is 2.33. The summed E-state index contributed by atoms with van der Waals surface area (Å²) in [7, 11) is 9.03. The number of hydrogen-bond donors (Lipinski definition) is 2. The van der Waals surface area contributed by atoms with Crippen molar-refractivity contribution in [3.05, 3.63) is 65.7 Å². The lowest BCUT2D eigenvalue weighted by atomic mass is 9.87. The van der Waals surface area contributed by atoms with Gasteiger partial charge in [0.1, 0.15) is 0 Å². The monoisotopic (exact) mass is 489 g/mol. The van der Waals surface area contributed by atoms with Crippen LogP contribution in [0.1, 0.15) is 24.5 Å². The Morgan fingerprint density at radius 2 is 1.43 bits per heavy atom. The van der Waals surface area contributed by atoms with E-state index in [1.165, 1.54) is 5.56 Å². The molecule has 2 rings (SSSR count). The fourth-order valence-corrected chi connectivity index (χ4v) is 3.54. The maximum atomic E-state index is 9.55. The topological polar surface area (TPSA) is 115 Å². The summed E-state index contributed by atoms with van der Waals surface area (Å²) in [4.78, 5) is 21.3. The smallest absolute Gasteiger partial charge is 0.328 e. The van der Waals surface area contributed by atoms with Gasteiger partial charge >= 0.3 is 11.9 Å². The molecule has 35 heavy (non-hydrogen) atoms. The second kappa shape index (κ2) is 14.6. The zero-order valence-corrected chi connectivity index (χ0v) is 21.1. The average Bonchev–Trinajstić information content (AvgIpc) is 2.85. The fraction of sp³-hybridized carbons (Fsp3) is 0.385. The zero-order valence-electron chi connectivity index (χ0n) is 21.1. The maximum Gasteiger partial charge on any atom is 0.328 e. The third kappa shape index (κ3) is 8.62. The lowest BCUT2D eigenvalue weighted by molar-refractivity contribution is -0.134. The summed E-state index contributed by atoms with van der Waals surface area (Å²) in [5.41, 5.74) is 2.05. The van der Waals surface area contributed by atoms with Gasteiger partial charge in [0.25, 0.3) is 0 Å². The van der Waals surface area contributed by atoms with Gasteiger partial charge in [-0.2, -0.15) is 0 Å². The van der Waals surface area contributed by atoms with Crippen LogP contribution in [0, 0.1) is 0 Å². The van der Waals surface area contributed by atoms with Crippen LogP contribution in [0.5, 0.6) is 17.2 Å². The summed E-state index contributed by atoms with van der Waals surface area (Å²) in [6, 6.07) is 14.3. The summed E-state index contributed by atoms with van der Waals surface area (Å²) < 4.78 is 22.4. The number of benzene rings is 2. The molecule has 0 bridgehead atoms. The van der Waals surface area contributed by atoms with Gasteiger partial charge in [0.15, 0.2) is 11.5 Å². The highest BCUT2D eigenvalue weighted by atomic mass is 16.5. The molecule has 9 heteroatoms. The molecule has 0 amide bonds. The minimum absolute atomic E-state index is 0.179. The molecular weight excluding hydrogens is 454 g/mol. The Morgan fingerprint density at radius 1 is 0.914 bits per heavy atom. The maximum absolute atomic E-state index is 9.55. The van der Waals surface area contributed by atoms with Crippen molar-refractivity contribution in [3.63, 3.8) is 0 Å². The number of methoxy groups -OCH3 is 3. The number of likely N-dealkylation sites (N-methyl/N-ethyl adjacent to an activating group) is 1. The number of ether oxygens (including phenoxy) is 4. The number of hydrogen-bond acceptors (Lipinski definition) is 7. The number of nitrogens with zero attached hydrogens (tertiary/aromatic N) is 1. The second-order valence-electron chi connectivity index (χ2n) is 7.68. The Hall–Kier alpha value is -3.56. The molecule has 0 fully saturated rings. The van der Waals surface area contributed by atoms with Gasteiger partial charge in [-0.15, -0.1) is 0 Å². The highest BCUT2D eigenvalue weighted by Crippen LogP contribution is 2.38. The zero-order chi connectivity index (χ0) is 26.4. The molecule has 9 nitrogen and oxygen atoms in total. The van der Waals surface area contributed by atoms with Crippen LogP contribution < -0.4 is 14.2 Å². The van der Waals surface area contributed by atoms with Crippen molar-refractivity contribution < 1.29 is 38.7 Å². The first-order valence-corrected chi connectivity index (χ1v) is 10.9. The minimum Gasteiger partial charge on any atom is -0.493 e. The highest BCUT2D eigenvalue weighted by molar-refractivity contribution is 5.89. The van der Waals surface area contributed by atoms with Gasteiger partial charge in [0, 0.05) is 12.2 Å². The molecule has 2 N–H and O–H groups in total. The van der Waals surface area contributed by atoms with E-state index in [4.69, 9.17) is 29.2 Å². The van der Waals surface area contributed by atoms with Gasteiger partial charge in [0.2, 0.25) is 5.75 Å². The summed E-state index contributed by atoms with van der Waals surface area (Å²) in [5, 5.41) is 15.6. The van der Waals surface area contributed by atoms with Gasteiger partial charge in [-0.05, 0) is 43.8 Å². The van der Waals surface area contributed by atoms with E-state index >= 15 is 0 Å². The van der Waals surface area contributed by atoms with Crippen LogP contribution in [-0.4, -0.2) is 69.1 Å². The fourth-order valence-electron chi connectivity index (χ4n) is 3.54. The van der Waals surface area contributed by atoms with Gasteiger partial charge in [0.05, 0.1) is 40.1 Å². The Balaban J connectivity index is 0.000000658. The van der Waals surface area contributed by atoms with E-state index in [1.807, 2.05) is 18.2 Å². The van der Waals surface area contributed by atoms with Gasteiger partial charge in [-0.1, -0.05) is 37.3 Å². The van der Waals surface area contributed by atoms with E-state index in [9.17, 15) is 9.59 Å². The Morgan fingerprint density at radius 3 is 1.80 bits per heavy atom. The number of aliphatic carboxylic acids is 2. The summed E-state index contributed by atoms with van der Waals surface area (Å²) in [6.45, 7) is 3.23. The van der Waals surface area contributed by atoms with E-state index in [1.54, 1.807) is 21.3 Å². The predicted molar refractivity (Wildman–Crippen MR) is 132 cm³/mol. The van der Waals surface area contributed by atoms with Crippen LogP contribution in [0.4, 0.5) is 0 Å². The molecule has 0 aliphatic rings. The summed E-state index contributed by atoms with van der Waals surface area (Å²) in [5.74, 6) is -0.662. The first-order valence-electron chi connectivity index (χ1n) is 10.9. The molecule has 0 aromatic heterocycles. The molecule has 0 radical (unpaired) electrons. The van der Waals surface area contributed by atoms with E-state index < -0.39 is 11.9 Å². The minimum atomic E-state index is -1.26. The van der Waals surface area contributed by atoms with Crippen LogP contribution in [-0.2, 0) is 26.5 Å². The van der Waals surface area contributed by atoms with Crippen molar-refractivity contribution in [2.75, 3.05) is 42.0 Å². The van der Waals surface area contributed by atoms with Crippen molar-refractivity contribution in [1.29, 1.82) is 0 Å². The Labute approximate surface area is 206 Å². The van der Waals surface area contributed by atoms with Crippen molar-refractivity contribution in [2.45, 2.75) is 25.5 Å². The summed E-state index contributed by atoms with van der Waals surface area (Å²) >= 11 is 0. The molecule has 0 aliphatic heterocycles. The standard InChI is InChI=1S/C22H31NO4.C4H4O4/c1-7-22(23(2)3,18-11-9-8-10-12-18)16-27-15-17-13-19(24-4)21(26-6)20(14-17)25-5;5-3(6)1-2-4(7)8/h8-14H,7,15-16H2,1-6H3;1-2H,(H,5,6)(H,7,8). The van der Waals surface area contributed by atoms with Crippen LogP contribution >= 0.6 is 0 Å². The van der Waals surface area contributed by atoms with Gasteiger partial charge in [-0.3, -0.25) is 4.90 Å². The third-order valence-electron chi connectivity index (χ3n) is 5.45. The quantitative estimate of drug-likeness (QED) is 0.430. The SMILES string of the molecule is CCC(COCc1cc(OC)c(OC)c(OC)c1)(c1ccccc1)N(C)C.O=C(O)C=CC(=O)O. The molecule has 192 valence electrons. The van der Waals surface area contributed by atoms with Gasteiger partial charge < -0.3 is 29.2 Å². The number of carboxylic acids is 2. The molecule has 1 atom stereocenters. The summed E-state index contributed by atoms with van der Waals surface area (Å²) in [6.07, 6.45) is 2.06. The first kappa shape index (κ1) is 29.5. The molecule has 0 heterocycles. The van der Waals surface area contributed by atoms with E-state index in [-0.39, 0.29) is 5.54 Å². The lowest BCUT2D eigenvalue weighted by Gasteiger charge is -2.39. The molecular formula is C26H35NO8. The molecule has 1 unspecified atom stereocenters. The molecule has 0 saturated carbocycles. The van der Waals surface area contributed by atoms with Crippen LogP contribution in [0.3, 0.4) is 0 Å². The Kier molecular flexibility index (Phi) is 12.3. The van der Waals surface area contributed by atoms with E-state index in [0.717, 1.165) is 12.0 Å².